The molecule has 100 valence electrons. The first-order chi connectivity index (χ1) is 8.60. The van der Waals surface area contributed by atoms with Crippen molar-refractivity contribution < 1.29 is 4.79 Å². The molecule has 1 aromatic rings. The van der Waals surface area contributed by atoms with E-state index in [1.165, 1.54) is 6.33 Å². The fourth-order valence-electron chi connectivity index (χ4n) is 1.62. The highest BCUT2D eigenvalue weighted by Gasteiger charge is 2.14. The second-order valence-corrected chi connectivity index (χ2v) is 4.09. The second kappa shape index (κ2) is 6.75. The van der Waals surface area contributed by atoms with E-state index in [2.05, 4.69) is 26.0 Å². The number of nitrogen functional groups attached to an aromatic ring is 1. The Morgan fingerprint density at radius 2 is 2.06 bits per heavy atom. The van der Waals surface area contributed by atoms with Crippen molar-refractivity contribution in [2.45, 2.75) is 26.7 Å². The Bertz CT molecular complexity index is 407. The summed E-state index contributed by atoms with van der Waals surface area (Å²) in [5, 5.41) is 5.70. The first-order valence-electron chi connectivity index (χ1n) is 5.92. The van der Waals surface area contributed by atoms with Gasteiger partial charge in [0, 0.05) is 12.1 Å². The van der Waals surface area contributed by atoms with Gasteiger partial charge in [-0.3, -0.25) is 4.79 Å². The Kier molecular flexibility index (Phi) is 5.31. The van der Waals surface area contributed by atoms with Crippen LogP contribution in [-0.4, -0.2) is 29.0 Å². The fourth-order valence-corrected chi connectivity index (χ4v) is 1.62. The Balaban J connectivity index is 2.84. The number of hydrogen-bond acceptors (Lipinski definition) is 6. The van der Waals surface area contributed by atoms with Crippen LogP contribution in [0.5, 0.6) is 0 Å². The summed E-state index contributed by atoms with van der Waals surface area (Å²) < 4.78 is 0. The molecule has 0 atom stereocenters. The predicted molar refractivity (Wildman–Crippen MR) is 71.1 cm³/mol. The summed E-state index contributed by atoms with van der Waals surface area (Å²) in [5.41, 5.74) is 3.40. The largest absolute Gasteiger partial charge is 0.361 e. The lowest BCUT2D eigenvalue weighted by molar-refractivity contribution is -0.119. The Morgan fingerprint density at radius 1 is 1.39 bits per heavy atom. The maximum absolute atomic E-state index is 11.4. The van der Waals surface area contributed by atoms with Gasteiger partial charge in [0.15, 0.2) is 0 Å². The molecular formula is C11H20N6O. The molecule has 0 aliphatic heterocycles. The number of anilines is 2. The SMILES string of the molecule is CCNC(=O)CNc1ncnc(NN)c1C(C)C. The van der Waals surface area contributed by atoms with E-state index in [9.17, 15) is 4.79 Å². The maximum atomic E-state index is 11.4. The molecule has 0 saturated carbocycles. The number of nitrogens with two attached hydrogens (primary N) is 1. The molecule has 1 aromatic heterocycles. The van der Waals surface area contributed by atoms with Crippen LogP contribution in [0.3, 0.4) is 0 Å². The molecular weight excluding hydrogens is 232 g/mol. The Morgan fingerprint density at radius 3 is 2.61 bits per heavy atom. The number of carbonyl (C=O) groups is 1. The molecule has 0 unspecified atom stereocenters. The van der Waals surface area contributed by atoms with E-state index in [1.807, 2.05) is 20.8 Å². The number of carbonyl (C=O) groups excluding carboxylic acids is 1. The minimum Gasteiger partial charge on any atom is -0.361 e. The van der Waals surface area contributed by atoms with Crippen LogP contribution >= 0.6 is 0 Å². The van der Waals surface area contributed by atoms with Gasteiger partial charge in [0.1, 0.15) is 18.0 Å². The van der Waals surface area contributed by atoms with Crippen LogP contribution in [0.1, 0.15) is 32.3 Å². The summed E-state index contributed by atoms with van der Waals surface area (Å²) >= 11 is 0. The van der Waals surface area contributed by atoms with Crippen molar-refractivity contribution in [2.24, 2.45) is 5.84 Å². The van der Waals surface area contributed by atoms with Gasteiger partial charge in [-0.25, -0.2) is 15.8 Å². The van der Waals surface area contributed by atoms with Gasteiger partial charge < -0.3 is 16.1 Å². The summed E-state index contributed by atoms with van der Waals surface area (Å²) in [5.74, 6) is 6.72. The van der Waals surface area contributed by atoms with E-state index in [-0.39, 0.29) is 18.4 Å². The lowest BCUT2D eigenvalue weighted by atomic mass is 10.0. The molecule has 7 heteroatoms. The molecule has 1 amide bonds. The van der Waals surface area contributed by atoms with Gasteiger partial charge in [-0.05, 0) is 12.8 Å². The molecule has 0 fully saturated rings. The van der Waals surface area contributed by atoms with Crippen LogP contribution in [0.4, 0.5) is 11.6 Å². The lowest BCUT2D eigenvalue weighted by Crippen LogP contribution is -2.30. The van der Waals surface area contributed by atoms with Crippen LogP contribution in [-0.2, 0) is 4.79 Å². The van der Waals surface area contributed by atoms with E-state index in [1.54, 1.807) is 0 Å². The highest BCUT2D eigenvalue weighted by Crippen LogP contribution is 2.27. The minimum atomic E-state index is -0.0759. The topological polar surface area (TPSA) is 105 Å². The average molecular weight is 252 g/mol. The van der Waals surface area contributed by atoms with E-state index in [0.717, 1.165) is 5.56 Å². The molecule has 1 rings (SSSR count). The molecule has 0 aromatic carbocycles. The molecule has 7 nitrogen and oxygen atoms in total. The van der Waals surface area contributed by atoms with Crippen molar-refractivity contribution >= 4 is 17.5 Å². The van der Waals surface area contributed by atoms with Crippen molar-refractivity contribution in [2.75, 3.05) is 23.8 Å². The van der Waals surface area contributed by atoms with Crippen molar-refractivity contribution in [3.63, 3.8) is 0 Å². The summed E-state index contributed by atoms with van der Waals surface area (Å²) in [6.45, 7) is 6.68. The number of aromatic nitrogens is 2. The highest BCUT2D eigenvalue weighted by atomic mass is 16.1. The molecule has 0 aliphatic carbocycles. The predicted octanol–water partition coefficient (Wildman–Crippen LogP) is 0.434. The summed E-state index contributed by atoms with van der Waals surface area (Å²) in [7, 11) is 0. The van der Waals surface area contributed by atoms with Gasteiger partial charge in [0.25, 0.3) is 0 Å². The monoisotopic (exact) mass is 252 g/mol. The average Bonchev–Trinajstić information content (AvgIpc) is 2.35. The number of rotatable bonds is 6. The first kappa shape index (κ1) is 14.2. The molecule has 0 spiro atoms. The number of nitrogens with zero attached hydrogens (tertiary/aromatic N) is 2. The van der Waals surface area contributed by atoms with Gasteiger partial charge >= 0.3 is 0 Å². The number of amides is 1. The second-order valence-electron chi connectivity index (χ2n) is 4.09. The fraction of sp³-hybridized carbons (Fsp3) is 0.545. The standard InChI is InChI=1S/C11H20N6O/c1-4-13-8(18)5-14-10-9(7(2)3)11(17-12)16-6-15-10/h6-7H,4-5,12H2,1-3H3,(H,13,18)(H2,14,15,16,17). The molecule has 0 aliphatic rings. The third-order valence-corrected chi connectivity index (χ3v) is 2.39. The number of likely N-dealkylation sites (N-methyl/N-ethyl adjacent to an activating group) is 1. The quantitative estimate of drug-likeness (QED) is 0.432. The van der Waals surface area contributed by atoms with Crippen molar-refractivity contribution in [1.29, 1.82) is 0 Å². The van der Waals surface area contributed by atoms with Crippen LogP contribution in [0, 0.1) is 0 Å². The highest BCUT2D eigenvalue weighted by molar-refractivity contribution is 5.80. The Hall–Kier alpha value is -1.89. The van der Waals surface area contributed by atoms with Crippen LogP contribution < -0.4 is 21.9 Å². The van der Waals surface area contributed by atoms with Crippen LogP contribution in [0.2, 0.25) is 0 Å². The molecule has 5 N–H and O–H groups in total. The number of hydrazine groups is 1. The smallest absolute Gasteiger partial charge is 0.239 e. The number of nitrogens with one attached hydrogen (secondary N) is 3. The first-order valence-corrected chi connectivity index (χ1v) is 5.92. The van der Waals surface area contributed by atoms with Crippen LogP contribution in [0.15, 0.2) is 6.33 Å². The molecule has 0 bridgehead atoms. The number of hydrogen-bond donors (Lipinski definition) is 4. The Labute approximate surface area is 107 Å². The van der Waals surface area contributed by atoms with E-state index in [4.69, 9.17) is 5.84 Å². The van der Waals surface area contributed by atoms with Crippen molar-refractivity contribution in [1.82, 2.24) is 15.3 Å². The van der Waals surface area contributed by atoms with Crippen molar-refractivity contribution in [3.05, 3.63) is 11.9 Å². The zero-order valence-electron chi connectivity index (χ0n) is 10.9. The van der Waals surface area contributed by atoms with Gasteiger partial charge in [0.05, 0.1) is 6.54 Å². The van der Waals surface area contributed by atoms with Crippen LogP contribution in [0.25, 0.3) is 0 Å². The van der Waals surface area contributed by atoms with E-state index >= 15 is 0 Å². The summed E-state index contributed by atoms with van der Waals surface area (Å²) in [6.07, 6.45) is 1.40. The molecule has 0 saturated heterocycles. The summed E-state index contributed by atoms with van der Waals surface area (Å²) in [4.78, 5) is 19.6. The van der Waals surface area contributed by atoms with Gasteiger partial charge in [0.2, 0.25) is 5.91 Å². The van der Waals surface area contributed by atoms with Gasteiger partial charge in [-0.15, -0.1) is 0 Å². The molecule has 0 radical (unpaired) electrons. The van der Waals surface area contributed by atoms with E-state index < -0.39 is 0 Å². The third kappa shape index (κ3) is 3.56. The lowest BCUT2D eigenvalue weighted by Gasteiger charge is -2.16. The van der Waals surface area contributed by atoms with Gasteiger partial charge in [-0.1, -0.05) is 13.8 Å². The maximum Gasteiger partial charge on any atom is 0.239 e. The zero-order chi connectivity index (χ0) is 13.5. The minimum absolute atomic E-state index is 0.0759. The summed E-state index contributed by atoms with van der Waals surface area (Å²) in [6, 6.07) is 0. The van der Waals surface area contributed by atoms with Crippen molar-refractivity contribution in [3.8, 4) is 0 Å². The third-order valence-electron chi connectivity index (χ3n) is 2.39. The van der Waals surface area contributed by atoms with Gasteiger partial charge in [-0.2, -0.15) is 0 Å². The normalized spacial score (nSPS) is 10.3. The molecule has 1 heterocycles. The van der Waals surface area contributed by atoms with E-state index in [0.29, 0.717) is 18.2 Å². The zero-order valence-corrected chi connectivity index (χ0v) is 10.9. The molecule has 18 heavy (non-hydrogen) atoms.